The predicted molar refractivity (Wildman–Crippen MR) is 101 cm³/mol. The van der Waals surface area contributed by atoms with Crippen molar-refractivity contribution in [1.82, 2.24) is 15.1 Å². The third kappa shape index (κ3) is 2.82. The van der Waals surface area contributed by atoms with Crippen LogP contribution in [0.2, 0.25) is 0 Å². The Morgan fingerprint density at radius 1 is 1.18 bits per heavy atom. The average molecular weight is 383 g/mol. The molecule has 2 aromatic heterocycles. The van der Waals surface area contributed by atoms with Gasteiger partial charge in [-0.2, -0.15) is 5.10 Å². The van der Waals surface area contributed by atoms with E-state index in [4.69, 9.17) is 18.6 Å². The molecular formula is C20H21N3O5. The highest BCUT2D eigenvalue weighted by atomic mass is 16.5. The summed E-state index contributed by atoms with van der Waals surface area (Å²) in [6.45, 7) is 0.849. The first kappa shape index (κ1) is 18.1. The Balaban J connectivity index is 1.86. The van der Waals surface area contributed by atoms with E-state index in [1.165, 1.54) is 0 Å². The van der Waals surface area contributed by atoms with Crippen LogP contribution in [0.5, 0.6) is 11.5 Å². The lowest BCUT2D eigenvalue weighted by Gasteiger charge is -2.26. The first-order valence-corrected chi connectivity index (χ1v) is 8.83. The Morgan fingerprint density at radius 3 is 2.68 bits per heavy atom. The molecule has 0 radical (unpaired) electrons. The Kier molecular flexibility index (Phi) is 4.79. The van der Waals surface area contributed by atoms with E-state index in [0.29, 0.717) is 41.8 Å². The molecule has 0 saturated carbocycles. The zero-order chi connectivity index (χ0) is 19.7. The summed E-state index contributed by atoms with van der Waals surface area (Å²) in [5.41, 5.74) is 2.74. The summed E-state index contributed by atoms with van der Waals surface area (Å²) in [7, 11) is 4.78. The summed E-state index contributed by atoms with van der Waals surface area (Å²) in [6.07, 6.45) is 1.59. The van der Waals surface area contributed by atoms with Gasteiger partial charge in [-0.15, -0.1) is 0 Å². The predicted octanol–water partition coefficient (Wildman–Crippen LogP) is 2.88. The number of carbonyl (C=O) groups is 1. The second kappa shape index (κ2) is 7.40. The number of H-pyrrole nitrogens is 1. The third-order valence-corrected chi connectivity index (χ3v) is 4.88. The number of hydrogen-bond acceptors (Lipinski definition) is 6. The van der Waals surface area contributed by atoms with Gasteiger partial charge < -0.3 is 23.5 Å². The van der Waals surface area contributed by atoms with Crippen molar-refractivity contribution in [3.8, 4) is 23.0 Å². The molecule has 1 N–H and O–H groups in total. The molecule has 1 unspecified atom stereocenters. The Morgan fingerprint density at radius 2 is 2.00 bits per heavy atom. The van der Waals surface area contributed by atoms with Gasteiger partial charge in [-0.3, -0.25) is 9.89 Å². The second-order valence-electron chi connectivity index (χ2n) is 6.35. The molecule has 0 bridgehead atoms. The smallest absolute Gasteiger partial charge is 0.275 e. The summed E-state index contributed by atoms with van der Waals surface area (Å²) in [5, 5.41) is 7.23. The molecule has 0 spiro atoms. The molecule has 3 aromatic rings. The van der Waals surface area contributed by atoms with Gasteiger partial charge in [0, 0.05) is 19.2 Å². The van der Waals surface area contributed by atoms with E-state index in [0.717, 1.165) is 11.1 Å². The molecule has 0 fully saturated rings. The lowest BCUT2D eigenvalue weighted by Crippen LogP contribution is -2.32. The number of rotatable bonds is 7. The molecule has 1 atom stereocenters. The number of nitrogens with one attached hydrogen (secondary N) is 1. The van der Waals surface area contributed by atoms with Gasteiger partial charge in [0.2, 0.25) is 0 Å². The number of amides is 1. The first-order chi connectivity index (χ1) is 13.7. The number of benzene rings is 1. The van der Waals surface area contributed by atoms with Crippen molar-refractivity contribution in [2.75, 3.05) is 34.5 Å². The number of fused-ring (bicyclic) bond motifs is 1. The van der Waals surface area contributed by atoms with Crippen LogP contribution in [0.4, 0.5) is 0 Å². The quantitative estimate of drug-likeness (QED) is 0.675. The van der Waals surface area contributed by atoms with Crippen molar-refractivity contribution in [1.29, 1.82) is 0 Å². The molecule has 0 aliphatic carbocycles. The summed E-state index contributed by atoms with van der Waals surface area (Å²) < 4.78 is 21.6. The molecule has 146 valence electrons. The van der Waals surface area contributed by atoms with E-state index in [1.54, 1.807) is 38.6 Å². The molecule has 1 aliphatic heterocycles. The molecular weight excluding hydrogens is 362 g/mol. The fraction of sp³-hybridized carbons (Fsp3) is 0.300. The molecule has 1 aromatic carbocycles. The van der Waals surface area contributed by atoms with Crippen LogP contribution in [-0.4, -0.2) is 55.5 Å². The van der Waals surface area contributed by atoms with E-state index in [9.17, 15) is 4.79 Å². The largest absolute Gasteiger partial charge is 0.493 e. The number of carbonyl (C=O) groups excluding carboxylic acids is 1. The second-order valence-corrected chi connectivity index (χ2v) is 6.35. The van der Waals surface area contributed by atoms with Gasteiger partial charge in [0.15, 0.2) is 23.0 Å². The van der Waals surface area contributed by atoms with Gasteiger partial charge in [-0.05, 0) is 29.8 Å². The number of aromatic nitrogens is 2. The van der Waals surface area contributed by atoms with Gasteiger partial charge in [-0.1, -0.05) is 6.07 Å². The molecule has 1 aliphatic rings. The first-order valence-electron chi connectivity index (χ1n) is 8.83. The van der Waals surface area contributed by atoms with E-state index in [2.05, 4.69) is 10.2 Å². The minimum absolute atomic E-state index is 0.152. The Bertz CT molecular complexity index is 980. The van der Waals surface area contributed by atoms with Crippen molar-refractivity contribution in [2.45, 2.75) is 6.04 Å². The van der Waals surface area contributed by atoms with Gasteiger partial charge in [-0.25, -0.2) is 0 Å². The standard InChI is InChI=1S/C20H21N3O5/c1-25-10-8-23-19(12-6-7-13(26-2)15(11-12)27-3)16-17(14-5-4-9-28-14)21-22-18(16)20(23)24/h4-7,9,11,19H,8,10H2,1-3H3,(H,21,22). The number of ether oxygens (including phenoxy) is 3. The van der Waals surface area contributed by atoms with Crippen molar-refractivity contribution >= 4 is 5.91 Å². The van der Waals surface area contributed by atoms with E-state index in [-0.39, 0.29) is 11.9 Å². The van der Waals surface area contributed by atoms with Crippen LogP contribution in [0, 0.1) is 0 Å². The van der Waals surface area contributed by atoms with E-state index in [1.807, 2.05) is 24.3 Å². The SMILES string of the molecule is COCCN1C(=O)c2n[nH]c(-c3ccco3)c2C1c1ccc(OC)c(OC)c1. The van der Waals surface area contributed by atoms with Crippen LogP contribution in [0.25, 0.3) is 11.5 Å². The lowest BCUT2D eigenvalue weighted by atomic mass is 9.97. The topological polar surface area (TPSA) is 89.8 Å². The molecule has 8 nitrogen and oxygen atoms in total. The van der Waals surface area contributed by atoms with Crippen LogP contribution >= 0.6 is 0 Å². The number of furan rings is 1. The van der Waals surface area contributed by atoms with Crippen LogP contribution < -0.4 is 9.47 Å². The van der Waals surface area contributed by atoms with Crippen LogP contribution in [0.1, 0.15) is 27.7 Å². The number of nitrogens with zero attached hydrogens (tertiary/aromatic N) is 2. The Labute approximate surface area is 162 Å². The number of methoxy groups -OCH3 is 3. The summed E-state index contributed by atoms with van der Waals surface area (Å²) in [4.78, 5) is 14.8. The third-order valence-electron chi connectivity index (χ3n) is 4.88. The zero-order valence-electron chi connectivity index (χ0n) is 15.9. The highest BCUT2D eigenvalue weighted by Crippen LogP contribution is 2.44. The lowest BCUT2D eigenvalue weighted by molar-refractivity contribution is 0.0677. The summed E-state index contributed by atoms with van der Waals surface area (Å²) in [5.74, 6) is 1.69. The van der Waals surface area contributed by atoms with Crippen LogP contribution in [-0.2, 0) is 4.74 Å². The van der Waals surface area contributed by atoms with Crippen LogP contribution in [0.15, 0.2) is 41.0 Å². The van der Waals surface area contributed by atoms with E-state index >= 15 is 0 Å². The minimum Gasteiger partial charge on any atom is -0.493 e. The molecule has 0 saturated heterocycles. The normalized spacial score (nSPS) is 15.8. The van der Waals surface area contributed by atoms with Gasteiger partial charge in [0.05, 0.1) is 33.1 Å². The highest BCUT2D eigenvalue weighted by molar-refractivity contribution is 6.00. The van der Waals surface area contributed by atoms with Crippen molar-refractivity contribution in [3.05, 3.63) is 53.4 Å². The Hall–Kier alpha value is -3.26. The fourth-order valence-electron chi connectivity index (χ4n) is 3.59. The van der Waals surface area contributed by atoms with Crippen molar-refractivity contribution in [3.63, 3.8) is 0 Å². The fourth-order valence-corrected chi connectivity index (χ4v) is 3.59. The van der Waals surface area contributed by atoms with Crippen molar-refractivity contribution < 1.29 is 23.4 Å². The van der Waals surface area contributed by atoms with Gasteiger partial charge >= 0.3 is 0 Å². The maximum absolute atomic E-state index is 13.0. The molecule has 8 heteroatoms. The molecule has 4 rings (SSSR count). The molecule has 28 heavy (non-hydrogen) atoms. The summed E-state index contributed by atoms with van der Waals surface area (Å²) >= 11 is 0. The maximum atomic E-state index is 13.0. The minimum atomic E-state index is -0.351. The van der Waals surface area contributed by atoms with Crippen LogP contribution in [0.3, 0.4) is 0 Å². The average Bonchev–Trinajstić information content (AvgIpc) is 3.44. The number of aromatic amines is 1. The highest BCUT2D eigenvalue weighted by Gasteiger charge is 2.43. The number of hydrogen-bond donors (Lipinski definition) is 1. The molecule has 1 amide bonds. The van der Waals surface area contributed by atoms with E-state index < -0.39 is 0 Å². The summed E-state index contributed by atoms with van der Waals surface area (Å²) in [6, 6.07) is 8.92. The zero-order valence-corrected chi connectivity index (χ0v) is 15.9. The molecule has 3 heterocycles. The monoisotopic (exact) mass is 383 g/mol. The van der Waals surface area contributed by atoms with Gasteiger partial charge in [0.25, 0.3) is 5.91 Å². The van der Waals surface area contributed by atoms with Gasteiger partial charge in [0.1, 0.15) is 5.69 Å². The van der Waals surface area contributed by atoms with Crippen molar-refractivity contribution in [2.24, 2.45) is 0 Å². The maximum Gasteiger partial charge on any atom is 0.275 e.